The first-order chi connectivity index (χ1) is 9.77. The van der Waals surface area contributed by atoms with Gasteiger partial charge < -0.3 is 20.5 Å². The number of hydrogen-bond donors (Lipinski definition) is 2. The Labute approximate surface area is 126 Å². The summed E-state index contributed by atoms with van der Waals surface area (Å²) in [7, 11) is 1.63. The Kier molecular flexibility index (Phi) is 6.03. The van der Waals surface area contributed by atoms with Crippen molar-refractivity contribution < 1.29 is 14.6 Å². The van der Waals surface area contributed by atoms with E-state index in [0.29, 0.717) is 13.1 Å². The Morgan fingerprint density at radius 2 is 1.90 bits per heavy atom. The highest BCUT2D eigenvalue weighted by atomic mass is 16.5. The molecule has 5 heteroatoms. The molecule has 21 heavy (non-hydrogen) atoms. The molecule has 1 amide bonds. The van der Waals surface area contributed by atoms with Gasteiger partial charge in [0.2, 0.25) is 0 Å². The number of nitrogens with two attached hydrogens (primary N) is 1. The van der Waals surface area contributed by atoms with E-state index in [9.17, 15) is 9.90 Å². The van der Waals surface area contributed by atoms with E-state index in [1.54, 1.807) is 7.11 Å². The normalized spacial score (nSPS) is 12.8. The second-order valence-corrected chi connectivity index (χ2v) is 6.22. The predicted molar refractivity (Wildman–Crippen MR) is 83.7 cm³/mol. The van der Waals surface area contributed by atoms with Crippen LogP contribution in [0, 0.1) is 5.92 Å². The van der Waals surface area contributed by atoms with Crippen LogP contribution in [-0.2, 0) is 6.42 Å². The van der Waals surface area contributed by atoms with Crippen molar-refractivity contribution in [1.82, 2.24) is 4.90 Å². The molecule has 1 atom stereocenters. The lowest BCUT2D eigenvalue weighted by Crippen LogP contribution is -2.48. The van der Waals surface area contributed by atoms with Gasteiger partial charge in [-0.05, 0) is 57.4 Å². The van der Waals surface area contributed by atoms with Crippen LogP contribution in [0.25, 0.3) is 0 Å². The molecule has 0 bridgehead atoms. The van der Waals surface area contributed by atoms with Crippen LogP contribution < -0.4 is 10.5 Å². The SMILES string of the molecule is COc1ccc(C[C@@H](CN)CN(C(=O)O)C(C)(C)C)cc1. The molecule has 3 N–H and O–H groups in total. The Morgan fingerprint density at radius 1 is 1.33 bits per heavy atom. The summed E-state index contributed by atoms with van der Waals surface area (Å²) in [4.78, 5) is 12.9. The summed E-state index contributed by atoms with van der Waals surface area (Å²) in [6.07, 6.45) is -0.156. The van der Waals surface area contributed by atoms with Crippen LogP contribution in [0.1, 0.15) is 26.3 Å². The summed E-state index contributed by atoms with van der Waals surface area (Å²) in [5, 5.41) is 9.36. The molecule has 118 valence electrons. The first-order valence-corrected chi connectivity index (χ1v) is 7.11. The molecule has 1 aromatic rings. The maximum absolute atomic E-state index is 11.4. The molecule has 1 rings (SSSR count). The Hall–Kier alpha value is -1.75. The lowest BCUT2D eigenvalue weighted by molar-refractivity contribution is 0.0895. The van der Waals surface area contributed by atoms with E-state index in [4.69, 9.17) is 10.5 Å². The van der Waals surface area contributed by atoms with E-state index < -0.39 is 11.6 Å². The molecule has 0 aliphatic heterocycles. The second-order valence-electron chi connectivity index (χ2n) is 6.22. The molecule has 0 saturated carbocycles. The van der Waals surface area contributed by atoms with Gasteiger partial charge in [-0.1, -0.05) is 12.1 Å². The van der Waals surface area contributed by atoms with Crippen molar-refractivity contribution in [3.8, 4) is 5.75 Å². The van der Waals surface area contributed by atoms with Crippen LogP contribution in [0.3, 0.4) is 0 Å². The van der Waals surface area contributed by atoms with Crippen LogP contribution in [-0.4, -0.2) is 41.8 Å². The van der Waals surface area contributed by atoms with Gasteiger partial charge in [0, 0.05) is 12.1 Å². The largest absolute Gasteiger partial charge is 0.497 e. The zero-order valence-electron chi connectivity index (χ0n) is 13.3. The van der Waals surface area contributed by atoms with Gasteiger partial charge in [0.15, 0.2) is 0 Å². The van der Waals surface area contributed by atoms with E-state index in [-0.39, 0.29) is 5.92 Å². The smallest absolute Gasteiger partial charge is 0.407 e. The summed E-state index contributed by atoms with van der Waals surface area (Å²) < 4.78 is 5.13. The third-order valence-electron chi connectivity index (χ3n) is 3.50. The number of carbonyl (C=O) groups is 1. The first kappa shape index (κ1) is 17.3. The number of nitrogens with zero attached hydrogens (tertiary/aromatic N) is 1. The lowest BCUT2D eigenvalue weighted by Gasteiger charge is -2.35. The number of hydrogen-bond acceptors (Lipinski definition) is 3. The second kappa shape index (κ2) is 7.31. The maximum Gasteiger partial charge on any atom is 0.407 e. The van der Waals surface area contributed by atoms with Gasteiger partial charge in [-0.3, -0.25) is 0 Å². The van der Waals surface area contributed by atoms with Crippen molar-refractivity contribution >= 4 is 6.09 Å². The summed E-state index contributed by atoms with van der Waals surface area (Å²) in [6.45, 7) is 6.56. The fourth-order valence-corrected chi connectivity index (χ4v) is 2.21. The zero-order chi connectivity index (χ0) is 16.0. The highest BCUT2D eigenvalue weighted by Crippen LogP contribution is 2.19. The average molecular weight is 294 g/mol. The number of ether oxygens (including phenoxy) is 1. The highest BCUT2D eigenvalue weighted by Gasteiger charge is 2.28. The summed E-state index contributed by atoms with van der Waals surface area (Å²) in [6, 6.07) is 7.79. The molecule has 0 aliphatic carbocycles. The molecule has 1 aromatic carbocycles. The molecule has 0 heterocycles. The molecule has 0 spiro atoms. The first-order valence-electron chi connectivity index (χ1n) is 7.11. The van der Waals surface area contributed by atoms with E-state index in [1.165, 1.54) is 4.90 Å². The summed E-state index contributed by atoms with van der Waals surface area (Å²) in [5.74, 6) is 0.902. The number of carboxylic acid groups (broad SMARTS) is 1. The van der Waals surface area contributed by atoms with Crippen LogP contribution in [0.5, 0.6) is 5.75 Å². The lowest BCUT2D eigenvalue weighted by atomic mass is 9.96. The standard InChI is InChI=1S/C16H26N2O3/c1-16(2,3)18(15(19)20)11-13(10-17)9-12-5-7-14(21-4)8-6-12/h5-8,13H,9-11,17H2,1-4H3,(H,19,20)/t13-/m0/s1. The monoisotopic (exact) mass is 294 g/mol. The summed E-state index contributed by atoms with van der Waals surface area (Å²) in [5.41, 5.74) is 6.52. The van der Waals surface area contributed by atoms with Crippen molar-refractivity contribution in [3.63, 3.8) is 0 Å². The van der Waals surface area contributed by atoms with Gasteiger partial charge in [-0.15, -0.1) is 0 Å². The van der Waals surface area contributed by atoms with Gasteiger partial charge in [0.25, 0.3) is 0 Å². The van der Waals surface area contributed by atoms with Crippen molar-refractivity contribution in [3.05, 3.63) is 29.8 Å². The number of rotatable bonds is 6. The molecule has 0 aliphatic rings. The minimum absolute atomic E-state index is 0.0914. The van der Waals surface area contributed by atoms with Gasteiger partial charge in [-0.25, -0.2) is 4.79 Å². The van der Waals surface area contributed by atoms with Crippen molar-refractivity contribution in [2.75, 3.05) is 20.2 Å². The third kappa shape index (κ3) is 5.27. The molecule has 5 nitrogen and oxygen atoms in total. The minimum Gasteiger partial charge on any atom is -0.497 e. The number of amides is 1. The van der Waals surface area contributed by atoms with E-state index in [1.807, 2.05) is 45.0 Å². The fourth-order valence-electron chi connectivity index (χ4n) is 2.21. The Morgan fingerprint density at radius 3 is 2.29 bits per heavy atom. The molecular weight excluding hydrogens is 268 g/mol. The van der Waals surface area contributed by atoms with Crippen LogP contribution in [0.2, 0.25) is 0 Å². The number of benzene rings is 1. The molecule has 0 saturated heterocycles. The number of methoxy groups -OCH3 is 1. The van der Waals surface area contributed by atoms with Crippen molar-refractivity contribution in [2.45, 2.75) is 32.7 Å². The van der Waals surface area contributed by atoms with Gasteiger partial charge in [0.1, 0.15) is 5.75 Å². The third-order valence-corrected chi connectivity index (χ3v) is 3.50. The fraction of sp³-hybridized carbons (Fsp3) is 0.562. The topological polar surface area (TPSA) is 75.8 Å². The van der Waals surface area contributed by atoms with Gasteiger partial charge >= 0.3 is 6.09 Å². The van der Waals surface area contributed by atoms with Gasteiger partial charge in [-0.2, -0.15) is 0 Å². The van der Waals surface area contributed by atoms with Crippen molar-refractivity contribution in [2.24, 2.45) is 11.7 Å². The van der Waals surface area contributed by atoms with E-state index in [2.05, 4.69) is 0 Å². The van der Waals surface area contributed by atoms with E-state index in [0.717, 1.165) is 17.7 Å². The highest BCUT2D eigenvalue weighted by molar-refractivity contribution is 5.66. The molecule has 0 unspecified atom stereocenters. The maximum atomic E-state index is 11.4. The molecule has 0 radical (unpaired) electrons. The Bertz CT molecular complexity index is 452. The summed E-state index contributed by atoms with van der Waals surface area (Å²) >= 11 is 0. The minimum atomic E-state index is -0.907. The quantitative estimate of drug-likeness (QED) is 0.845. The average Bonchev–Trinajstić information content (AvgIpc) is 2.42. The Balaban J connectivity index is 2.75. The molecule has 0 fully saturated rings. The predicted octanol–water partition coefficient (Wildman–Crippen LogP) is 2.59. The molecule has 0 aromatic heterocycles. The van der Waals surface area contributed by atoms with Crippen LogP contribution >= 0.6 is 0 Å². The van der Waals surface area contributed by atoms with Crippen molar-refractivity contribution in [1.29, 1.82) is 0 Å². The van der Waals surface area contributed by atoms with Gasteiger partial charge in [0.05, 0.1) is 7.11 Å². The van der Waals surface area contributed by atoms with E-state index >= 15 is 0 Å². The zero-order valence-corrected chi connectivity index (χ0v) is 13.3. The van der Waals surface area contributed by atoms with Crippen LogP contribution in [0.4, 0.5) is 4.79 Å². The molecular formula is C16H26N2O3. The van der Waals surface area contributed by atoms with Crippen LogP contribution in [0.15, 0.2) is 24.3 Å².